The SMILES string of the molecule is COC(C)/C(O)=C/C(C)=O.[Fe]. The van der Waals surface area contributed by atoms with Gasteiger partial charge in [0.2, 0.25) is 0 Å². The third-order valence-electron chi connectivity index (χ3n) is 1.12. The second-order valence-corrected chi connectivity index (χ2v) is 2.06. The van der Waals surface area contributed by atoms with E-state index in [-0.39, 0.29) is 28.6 Å². The molecule has 0 rings (SSSR count). The van der Waals surface area contributed by atoms with Gasteiger partial charge in [0.1, 0.15) is 11.9 Å². The first-order valence-corrected chi connectivity index (χ1v) is 3.02. The summed E-state index contributed by atoms with van der Waals surface area (Å²) in [5.41, 5.74) is 0. The molecule has 3 nitrogen and oxygen atoms in total. The number of ketones is 1. The fourth-order valence-corrected chi connectivity index (χ4v) is 0.446. The van der Waals surface area contributed by atoms with Crippen LogP contribution in [-0.2, 0) is 26.6 Å². The summed E-state index contributed by atoms with van der Waals surface area (Å²) in [5.74, 6) is -0.212. The first kappa shape index (κ1) is 13.3. The summed E-state index contributed by atoms with van der Waals surface area (Å²) in [6.07, 6.45) is 0.748. The Hall–Kier alpha value is -0.311. The Kier molecular flexibility index (Phi) is 7.74. The Bertz CT molecular complexity index is 154. The molecule has 0 aromatic heterocycles. The molecule has 0 saturated heterocycles. The molecule has 0 bridgehead atoms. The number of carbonyl (C=O) groups excluding carboxylic acids is 1. The zero-order chi connectivity index (χ0) is 8.15. The average Bonchev–Trinajstić information content (AvgIpc) is 1.85. The van der Waals surface area contributed by atoms with Gasteiger partial charge in [-0.25, -0.2) is 0 Å². The Morgan fingerprint density at radius 3 is 2.36 bits per heavy atom. The Morgan fingerprint density at radius 1 is 1.64 bits per heavy atom. The first-order valence-electron chi connectivity index (χ1n) is 3.02. The molecule has 0 aliphatic carbocycles. The molecular weight excluding hydrogens is 188 g/mol. The normalized spacial score (nSPS) is 13.5. The van der Waals surface area contributed by atoms with Crippen molar-refractivity contribution < 1.29 is 31.7 Å². The number of carbonyl (C=O) groups is 1. The summed E-state index contributed by atoms with van der Waals surface area (Å²) in [7, 11) is 1.47. The van der Waals surface area contributed by atoms with Gasteiger partial charge in [-0.1, -0.05) is 0 Å². The van der Waals surface area contributed by atoms with Gasteiger partial charge in [-0.3, -0.25) is 4.79 Å². The second kappa shape index (κ2) is 6.40. The predicted molar refractivity (Wildman–Crippen MR) is 37.9 cm³/mol. The quantitative estimate of drug-likeness (QED) is 0.420. The molecule has 0 fully saturated rings. The van der Waals surface area contributed by atoms with E-state index in [9.17, 15) is 4.79 Å². The molecule has 66 valence electrons. The molecule has 0 aromatic rings. The zero-order valence-electron chi connectivity index (χ0n) is 6.77. The molecule has 1 N–H and O–H groups in total. The first-order chi connectivity index (χ1) is 4.57. The van der Waals surface area contributed by atoms with E-state index in [2.05, 4.69) is 0 Å². The van der Waals surface area contributed by atoms with Crippen molar-refractivity contribution in [1.82, 2.24) is 0 Å². The number of aliphatic hydroxyl groups excluding tert-OH is 1. The summed E-state index contributed by atoms with van der Waals surface area (Å²) in [5, 5.41) is 9.00. The van der Waals surface area contributed by atoms with Gasteiger partial charge in [0, 0.05) is 30.3 Å². The number of allylic oxidation sites excluding steroid dienone is 1. The van der Waals surface area contributed by atoms with Crippen LogP contribution >= 0.6 is 0 Å². The molecule has 11 heavy (non-hydrogen) atoms. The van der Waals surface area contributed by atoms with E-state index in [4.69, 9.17) is 9.84 Å². The van der Waals surface area contributed by atoms with E-state index in [1.54, 1.807) is 6.92 Å². The molecule has 0 amide bonds. The largest absolute Gasteiger partial charge is 0.509 e. The van der Waals surface area contributed by atoms with Crippen LogP contribution in [0.1, 0.15) is 13.8 Å². The number of rotatable bonds is 3. The summed E-state index contributed by atoms with van der Waals surface area (Å²) in [4.78, 5) is 10.4. The predicted octanol–water partition coefficient (Wildman–Crippen LogP) is 1.05. The Balaban J connectivity index is 0. The number of ether oxygens (including phenoxy) is 1. The van der Waals surface area contributed by atoms with E-state index in [0.717, 1.165) is 6.08 Å². The molecule has 0 heterocycles. The van der Waals surface area contributed by atoms with E-state index in [1.165, 1.54) is 14.0 Å². The van der Waals surface area contributed by atoms with Crippen molar-refractivity contribution in [2.24, 2.45) is 0 Å². The van der Waals surface area contributed by atoms with Crippen LogP contribution in [-0.4, -0.2) is 24.1 Å². The van der Waals surface area contributed by atoms with Crippen LogP contribution in [0.4, 0.5) is 0 Å². The van der Waals surface area contributed by atoms with Gasteiger partial charge < -0.3 is 9.84 Å². The topological polar surface area (TPSA) is 46.5 Å². The maximum atomic E-state index is 10.4. The van der Waals surface area contributed by atoms with Gasteiger partial charge in [-0.05, 0) is 13.8 Å². The van der Waals surface area contributed by atoms with Crippen LogP contribution in [0, 0.1) is 0 Å². The minimum absolute atomic E-state index is 0. The molecule has 0 radical (unpaired) electrons. The minimum Gasteiger partial charge on any atom is -0.509 e. The minimum atomic E-state index is -0.399. The third kappa shape index (κ3) is 6.10. The molecule has 1 unspecified atom stereocenters. The fraction of sp³-hybridized carbons (Fsp3) is 0.571. The van der Waals surface area contributed by atoms with Crippen molar-refractivity contribution in [2.45, 2.75) is 20.0 Å². The van der Waals surface area contributed by atoms with Crippen LogP contribution in [0.15, 0.2) is 11.8 Å². The van der Waals surface area contributed by atoms with Gasteiger partial charge in [0.15, 0.2) is 5.78 Å². The summed E-state index contributed by atoms with van der Waals surface area (Å²) >= 11 is 0. The van der Waals surface area contributed by atoms with Crippen LogP contribution in [0.3, 0.4) is 0 Å². The smallest absolute Gasteiger partial charge is 0.156 e. The van der Waals surface area contributed by atoms with E-state index in [0.29, 0.717) is 0 Å². The maximum Gasteiger partial charge on any atom is 0.156 e. The van der Waals surface area contributed by atoms with Crippen molar-refractivity contribution in [3.8, 4) is 0 Å². The van der Waals surface area contributed by atoms with Gasteiger partial charge in [-0.15, -0.1) is 0 Å². The van der Waals surface area contributed by atoms with Gasteiger partial charge in [-0.2, -0.15) is 0 Å². The van der Waals surface area contributed by atoms with Crippen LogP contribution in [0.5, 0.6) is 0 Å². The van der Waals surface area contributed by atoms with Crippen molar-refractivity contribution in [3.63, 3.8) is 0 Å². The summed E-state index contributed by atoms with van der Waals surface area (Å²) in [6.45, 7) is 3.04. The molecule has 0 aliphatic heterocycles. The van der Waals surface area contributed by atoms with Crippen LogP contribution in [0.2, 0.25) is 0 Å². The molecule has 1 atom stereocenters. The average molecular weight is 200 g/mol. The van der Waals surface area contributed by atoms with Crippen LogP contribution < -0.4 is 0 Å². The Labute approximate surface area is 76.9 Å². The molecular formula is C7H12FeO3. The maximum absolute atomic E-state index is 10.4. The molecule has 0 aromatic carbocycles. The monoisotopic (exact) mass is 200 g/mol. The molecule has 0 saturated carbocycles. The second-order valence-electron chi connectivity index (χ2n) is 2.06. The van der Waals surface area contributed by atoms with Crippen LogP contribution in [0.25, 0.3) is 0 Å². The van der Waals surface area contributed by atoms with Crippen molar-refractivity contribution in [1.29, 1.82) is 0 Å². The number of hydrogen-bond acceptors (Lipinski definition) is 3. The number of hydrogen-bond donors (Lipinski definition) is 1. The van der Waals surface area contributed by atoms with Crippen molar-refractivity contribution in [3.05, 3.63) is 11.8 Å². The number of aliphatic hydroxyl groups is 1. The fourth-order valence-electron chi connectivity index (χ4n) is 0.446. The van der Waals surface area contributed by atoms with E-state index >= 15 is 0 Å². The Morgan fingerprint density at radius 2 is 2.09 bits per heavy atom. The molecule has 0 aliphatic rings. The standard InChI is InChI=1S/C7H12O3.Fe/c1-5(8)4-7(9)6(2)10-3;/h4,6,9H,1-3H3;/b7-4-;. The molecule has 4 heteroatoms. The van der Waals surface area contributed by atoms with E-state index < -0.39 is 6.10 Å². The number of methoxy groups -OCH3 is 1. The van der Waals surface area contributed by atoms with Gasteiger partial charge in [0.25, 0.3) is 0 Å². The summed E-state index contributed by atoms with van der Waals surface area (Å²) < 4.78 is 4.74. The van der Waals surface area contributed by atoms with Crippen molar-refractivity contribution >= 4 is 5.78 Å². The van der Waals surface area contributed by atoms with Crippen molar-refractivity contribution in [2.75, 3.05) is 7.11 Å². The van der Waals surface area contributed by atoms with Gasteiger partial charge in [0.05, 0.1) is 0 Å². The third-order valence-corrected chi connectivity index (χ3v) is 1.12. The van der Waals surface area contributed by atoms with Gasteiger partial charge >= 0.3 is 0 Å². The zero-order valence-corrected chi connectivity index (χ0v) is 7.88. The summed E-state index contributed by atoms with van der Waals surface area (Å²) in [6, 6.07) is 0. The van der Waals surface area contributed by atoms with E-state index in [1.807, 2.05) is 0 Å². The molecule has 0 spiro atoms.